The number of nitrogens with zero attached hydrogens (tertiary/aromatic N) is 4. The Labute approximate surface area is 216 Å². The van der Waals surface area contributed by atoms with Gasteiger partial charge >= 0.3 is 6.03 Å². The van der Waals surface area contributed by atoms with Crippen LogP contribution >= 0.6 is 11.8 Å². The minimum absolute atomic E-state index is 0.140. The molecular formula is C27H32N6O2S. The number of likely N-dealkylation sites (tertiary alicyclic amines) is 1. The van der Waals surface area contributed by atoms with E-state index in [-0.39, 0.29) is 6.03 Å². The predicted octanol–water partition coefficient (Wildman–Crippen LogP) is 4.12. The molecule has 8 nitrogen and oxygen atoms in total. The van der Waals surface area contributed by atoms with Crippen molar-refractivity contribution in [2.24, 2.45) is 5.73 Å². The first kappa shape index (κ1) is 24.2. The molecule has 0 radical (unpaired) electrons. The average molecular weight is 505 g/mol. The first-order valence-electron chi connectivity index (χ1n) is 12.5. The van der Waals surface area contributed by atoms with Crippen molar-refractivity contribution in [1.29, 1.82) is 0 Å². The molecule has 9 heteroatoms. The second kappa shape index (κ2) is 11.1. The Morgan fingerprint density at radius 3 is 2.36 bits per heavy atom. The summed E-state index contributed by atoms with van der Waals surface area (Å²) in [7, 11) is 0. The van der Waals surface area contributed by atoms with Gasteiger partial charge in [-0.1, -0.05) is 23.4 Å². The van der Waals surface area contributed by atoms with E-state index in [0.29, 0.717) is 18.0 Å². The van der Waals surface area contributed by atoms with Crippen molar-refractivity contribution < 1.29 is 9.59 Å². The quantitative estimate of drug-likeness (QED) is 0.636. The van der Waals surface area contributed by atoms with Crippen LogP contribution in [0.4, 0.5) is 16.2 Å². The summed E-state index contributed by atoms with van der Waals surface area (Å²) in [5.74, 6) is -0.492. The highest BCUT2D eigenvalue weighted by atomic mass is 32.2. The van der Waals surface area contributed by atoms with E-state index < -0.39 is 11.4 Å². The number of hydrogen-bond donors (Lipinski definition) is 2. The SMILES string of the molecule is NC(=O)C1=CN(c2ccc(N3CCCCC3)cc2)C(NC(=O)N2CCC(=Cc3ccccn3)CC2)S1. The minimum Gasteiger partial charge on any atom is -0.372 e. The summed E-state index contributed by atoms with van der Waals surface area (Å²) in [6.07, 6.45) is 11.0. The van der Waals surface area contributed by atoms with Gasteiger partial charge in [0.2, 0.25) is 0 Å². The molecule has 3 N–H and O–H groups in total. The Balaban J connectivity index is 1.23. The van der Waals surface area contributed by atoms with Crippen LogP contribution in [0.15, 0.2) is 65.3 Å². The van der Waals surface area contributed by atoms with Gasteiger partial charge in [0.25, 0.3) is 5.91 Å². The number of hydrogen-bond acceptors (Lipinski definition) is 6. The van der Waals surface area contributed by atoms with Crippen molar-refractivity contribution >= 4 is 41.2 Å². The summed E-state index contributed by atoms with van der Waals surface area (Å²) in [4.78, 5) is 36.0. The number of carbonyl (C=O) groups excluding carboxylic acids is 2. The third kappa shape index (κ3) is 5.67. The molecule has 0 bridgehead atoms. The number of benzene rings is 1. The number of anilines is 2. The van der Waals surface area contributed by atoms with Gasteiger partial charge in [-0.15, -0.1) is 0 Å². The highest BCUT2D eigenvalue weighted by Gasteiger charge is 2.32. The zero-order chi connectivity index (χ0) is 24.9. The van der Waals surface area contributed by atoms with Crippen LogP contribution in [-0.2, 0) is 4.79 Å². The van der Waals surface area contributed by atoms with Crippen molar-refractivity contribution in [2.45, 2.75) is 37.6 Å². The van der Waals surface area contributed by atoms with Gasteiger partial charge in [-0.05, 0) is 74.6 Å². The van der Waals surface area contributed by atoms with Gasteiger partial charge in [0.1, 0.15) is 0 Å². The van der Waals surface area contributed by atoms with Gasteiger partial charge < -0.3 is 25.8 Å². The van der Waals surface area contributed by atoms with E-state index >= 15 is 0 Å². The Kier molecular flexibility index (Phi) is 7.46. The lowest BCUT2D eigenvalue weighted by atomic mass is 10.0. The number of nitrogens with one attached hydrogen (secondary N) is 1. The number of carbonyl (C=O) groups is 2. The molecule has 3 aliphatic rings. The molecule has 0 aliphatic carbocycles. The fourth-order valence-electron chi connectivity index (χ4n) is 4.83. The van der Waals surface area contributed by atoms with Crippen LogP contribution in [0.25, 0.3) is 6.08 Å². The molecule has 0 spiro atoms. The standard InChI is InChI=1S/C27H32N6O2S/c28-25(34)24-19-33(23-9-7-22(8-10-23)31-14-4-1-5-15-31)27(36-24)30-26(35)32-16-11-20(12-17-32)18-21-6-2-3-13-29-21/h2-3,6-10,13,18-19,27H,1,4-5,11-12,14-17H2,(H2,28,34)(H,30,35). The number of urea groups is 1. The Hall–Kier alpha value is -3.46. The second-order valence-electron chi connectivity index (χ2n) is 9.29. The van der Waals surface area contributed by atoms with E-state index in [1.54, 1.807) is 12.4 Å². The zero-order valence-corrected chi connectivity index (χ0v) is 21.1. The zero-order valence-electron chi connectivity index (χ0n) is 20.3. The molecule has 1 aromatic heterocycles. The van der Waals surface area contributed by atoms with Crippen molar-refractivity contribution in [3.05, 3.63) is 71.0 Å². The number of amides is 3. The van der Waals surface area contributed by atoms with Crippen molar-refractivity contribution in [3.63, 3.8) is 0 Å². The van der Waals surface area contributed by atoms with Gasteiger partial charge in [-0.25, -0.2) is 4.79 Å². The van der Waals surface area contributed by atoms with Crippen LogP contribution in [0.5, 0.6) is 0 Å². The number of primary amides is 1. The molecule has 3 amide bonds. The Morgan fingerprint density at radius 1 is 0.972 bits per heavy atom. The molecule has 36 heavy (non-hydrogen) atoms. The summed E-state index contributed by atoms with van der Waals surface area (Å²) in [6, 6.07) is 14.0. The number of aromatic nitrogens is 1. The van der Waals surface area contributed by atoms with Crippen LogP contribution in [0.3, 0.4) is 0 Å². The molecular weight excluding hydrogens is 472 g/mol. The fourth-order valence-corrected chi connectivity index (χ4v) is 5.82. The van der Waals surface area contributed by atoms with Crippen molar-refractivity contribution in [3.8, 4) is 0 Å². The van der Waals surface area contributed by atoms with Crippen molar-refractivity contribution in [2.75, 3.05) is 36.0 Å². The molecule has 1 unspecified atom stereocenters. The van der Waals surface area contributed by atoms with E-state index in [1.165, 1.54) is 42.3 Å². The molecule has 1 atom stereocenters. The lowest BCUT2D eigenvalue weighted by molar-refractivity contribution is -0.113. The summed E-state index contributed by atoms with van der Waals surface area (Å²) < 4.78 is 0. The van der Waals surface area contributed by atoms with E-state index in [2.05, 4.69) is 33.4 Å². The fraction of sp³-hybridized carbons (Fsp3) is 0.370. The van der Waals surface area contributed by atoms with Crippen LogP contribution in [0.2, 0.25) is 0 Å². The largest absolute Gasteiger partial charge is 0.372 e. The number of piperidine rings is 2. The van der Waals surface area contributed by atoms with Gasteiger partial charge in [-0.3, -0.25) is 9.78 Å². The van der Waals surface area contributed by atoms with Gasteiger partial charge in [0.05, 0.1) is 10.6 Å². The smallest absolute Gasteiger partial charge is 0.319 e. The van der Waals surface area contributed by atoms with E-state index in [4.69, 9.17) is 5.73 Å². The number of thioether (sulfide) groups is 1. The molecule has 2 saturated heterocycles. The minimum atomic E-state index is -0.492. The average Bonchev–Trinajstić information content (AvgIpc) is 3.34. The first-order chi connectivity index (χ1) is 17.6. The summed E-state index contributed by atoms with van der Waals surface area (Å²) >= 11 is 1.27. The molecule has 0 saturated carbocycles. The second-order valence-corrected chi connectivity index (χ2v) is 10.4. The molecule has 2 aromatic rings. The Morgan fingerprint density at radius 2 is 1.69 bits per heavy atom. The van der Waals surface area contributed by atoms with Crippen LogP contribution in [0.1, 0.15) is 37.8 Å². The molecule has 1 aromatic carbocycles. The summed E-state index contributed by atoms with van der Waals surface area (Å²) in [5.41, 5.74) is 9.48. The maximum Gasteiger partial charge on any atom is 0.319 e. The molecule has 188 valence electrons. The van der Waals surface area contributed by atoms with Gasteiger partial charge in [0, 0.05) is 50.0 Å². The Bertz CT molecular complexity index is 1130. The maximum atomic E-state index is 13.1. The molecule has 4 heterocycles. The van der Waals surface area contributed by atoms with Gasteiger partial charge in [0.15, 0.2) is 5.50 Å². The number of pyridine rings is 1. The van der Waals surface area contributed by atoms with Crippen LogP contribution in [-0.4, -0.2) is 53.5 Å². The molecule has 3 aliphatic heterocycles. The normalized spacial score (nSPS) is 20.2. The number of rotatable bonds is 5. The lowest BCUT2D eigenvalue weighted by Gasteiger charge is -2.32. The van der Waals surface area contributed by atoms with Gasteiger partial charge in [-0.2, -0.15) is 0 Å². The van der Waals surface area contributed by atoms with E-state index in [1.807, 2.05) is 40.1 Å². The van der Waals surface area contributed by atoms with Crippen LogP contribution in [0, 0.1) is 0 Å². The van der Waals surface area contributed by atoms with E-state index in [9.17, 15) is 9.59 Å². The predicted molar refractivity (Wildman–Crippen MR) is 145 cm³/mol. The maximum absolute atomic E-state index is 13.1. The van der Waals surface area contributed by atoms with Crippen molar-refractivity contribution in [1.82, 2.24) is 15.2 Å². The third-order valence-corrected chi connectivity index (χ3v) is 7.97. The summed E-state index contributed by atoms with van der Waals surface area (Å²) in [6.45, 7) is 3.45. The highest BCUT2D eigenvalue weighted by Crippen LogP contribution is 2.36. The monoisotopic (exact) mass is 504 g/mol. The lowest BCUT2D eigenvalue weighted by Crippen LogP contribution is -2.49. The highest BCUT2D eigenvalue weighted by molar-refractivity contribution is 8.04. The molecule has 5 rings (SSSR count). The third-order valence-electron chi connectivity index (χ3n) is 6.84. The van der Waals surface area contributed by atoms with Crippen LogP contribution < -0.4 is 20.9 Å². The topological polar surface area (TPSA) is 94.8 Å². The molecule has 2 fully saturated rings. The first-order valence-corrected chi connectivity index (χ1v) is 13.4. The van der Waals surface area contributed by atoms with E-state index in [0.717, 1.165) is 37.3 Å². The summed E-state index contributed by atoms with van der Waals surface area (Å²) in [5, 5.41) is 3.10. The number of nitrogens with two attached hydrogens (primary N) is 1.